The fraction of sp³-hybridized carbons (Fsp3) is 0.250. The number of aryl methyl sites for hydroxylation is 1. The SMILES string of the molecule is COC(=O)C(=NO)c1ccc(C2=NOC(c3cc(Cl)cc(Cl)c3)(C(F)(F)F)C2)cc1C. The first-order chi connectivity index (χ1) is 14.5. The van der Waals surface area contributed by atoms with Crippen LogP contribution in [0.5, 0.6) is 0 Å². The molecule has 3 rings (SSSR count). The number of ether oxygens (including phenoxy) is 1. The fourth-order valence-electron chi connectivity index (χ4n) is 3.26. The average Bonchev–Trinajstić information content (AvgIpc) is 3.15. The Kier molecular flexibility index (Phi) is 6.20. The van der Waals surface area contributed by atoms with Crippen LogP contribution in [0.1, 0.15) is 28.7 Å². The normalized spacial score (nSPS) is 19.1. The van der Waals surface area contributed by atoms with Crippen molar-refractivity contribution in [1.29, 1.82) is 0 Å². The second kappa shape index (κ2) is 8.39. The first-order valence-electron chi connectivity index (χ1n) is 8.72. The van der Waals surface area contributed by atoms with Gasteiger partial charge >= 0.3 is 12.1 Å². The summed E-state index contributed by atoms with van der Waals surface area (Å²) in [6.07, 6.45) is -5.44. The van der Waals surface area contributed by atoms with Gasteiger partial charge in [-0.05, 0) is 42.3 Å². The van der Waals surface area contributed by atoms with Crippen molar-refractivity contribution in [2.24, 2.45) is 10.3 Å². The highest BCUT2D eigenvalue weighted by molar-refractivity contribution is 6.43. The summed E-state index contributed by atoms with van der Waals surface area (Å²) in [4.78, 5) is 16.7. The molecule has 1 aliphatic rings. The topological polar surface area (TPSA) is 80.5 Å². The molecule has 0 spiro atoms. The van der Waals surface area contributed by atoms with Gasteiger partial charge in [0.1, 0.15) is 0 Å². The molecule has 1 atom stereocenters. The Bertz CT molecular complexity index is 1080. The molecule has 2 aromatic rings. The standard InChI is InChI=1S/C20H15Cl2F3N2O4/c1-10-5-11(3-4-15(10)17(26-29)18(28)30-2)16-9-19(31-27-16,20(23,24)25)12-6-13(21)8-14(22)7-12/h3-8,29H,9H2,1-2H3. The van der Waals surface area contributed by atoms with Crippen molar-refractivity contribution in [2.45, 2.75) is 25.1 Å². The smallest absolute Gasteiger partial charge is 0.435 e. The Morgan fingerprint density at radius 1 is 1.23 bits per heavy atom. The molecule has 11 heteroatoms. The molecule has 0 amide bonds. The summed E-state index contributed by atoms with van der Waals surface area (Å²) in [5.74, 6) is -0.867. The average molecular weight is 475 g/mol. The molecule has 0 aromatic heterocycles. The highest BCUT2D eigenvalue weighted by Crippen LogP contribution is 2.49. The summed E-state index contributed by atoms with van der Waals surface area (Å²) in [5, 5.41) is 15.8. The Hall–Kier alpha value is -2.78. The summed E-state index contributed by atoms with van der Waals surface area (Å²) >= 11 is 11.8. The van der Waals surface area contributed by atoms with E-state index in [0.29, 0.717) is 11.1 Å². The first kappa shape index (κ1) is 22.9. The van der Waals surface area contributed by atoms with E-state index in [1.807, 2.05) is 0 Å². The Morgan fingerprint density at radius 2 is 1.87 bits per heavy atom. The van der Waals surface area contributed by atoms with Gasteiger partial charge in [0.05, 0.1) is 12.8 Å². The third kappa shape index (κ3) is 4.20. The second-order valence-corrected chi connectivity index (χ2v) is 7.63. The van der Waals surface area contributed by atoms with Gasteiger partial charge in [0.2, 0.25) is 0 Å². The summed E-state index contributed by atoms with van der Waals surface area (Å²) in [7, 11) is 1.13. The largest absolute Gasteiger partial charge is 0.464 e. The van der Waals surface area contributed by atoms with E-state index in [0.717, 1.165) is 19.2 Å². The minimum Gasteiger partial charge on any atom is -0.464 e. The van der Waals surface area contributed by atoms with Crippen molar-refractivity contribution in [3.05, 3.63) is 68.7 Å². The van der Waals surface area contributed by atoms with Crippen LogP contribution in [-0.4, -0.2) is 35.9 Å². The molecule has 1 N–H and O–H groups in total. The molecule has 164 valence electrons. The monoisotopic (exact) mass is 474 g/mol. The van der Waals surface area contributed by atoms with E-state index in [1.165, 1.54) is 24.3 Å². The molecule has 2 aromatic carbocycles. The van der Waals surface area contributed by atoms with E-state index in [4.69, 9.17) is 33.2 Å². The van der Waals surface area contributed by atoms with Gasteiger partial charge in [0.25, 0.3) is 5.60 Å². The van der Waals surface area contributed by atoms with Gasteiger partial charge in [-0.3, -0.25) is 0 Å². The van der Waals surface area contributed by atoms with E-state index in [2.05, 4.69) is 15.0 Å². The van der Waals surface area contributed by atoms with Crippen molar-refractivity contribution in [3.8, 4) is 0 Å². The van der Waals surface area contributed by atoms with Gasteiger partial charge in [-0.15, -0.1) is 0 Å². The van der Waals surface area contributed by atoms with Crippen molar-refractivity contribution >= 4 is 40.6 Å². The van der Waals surface area contributed by atoms with Gasteiger partial charge in [-0.25, -0.2) is 4.79 Å². The van der Waals surface area contributed by atoms with Gasteiger partial charge in [0, 0.05) is 27.6 Å². The van der Waals surface area contributed by atoms with E-state index in [9.17, 15) is 18.0 Å². The predicted molar refractivity (Wildman–Crippen MR) is 108 cm³/mol. The zero-order valence-electron chi connectivity index (χ0n) is 16.1. The minimum atomic E-state index is -4.82. The molecule has 1 aliphatic heterocycles. The number of carbonyl (C=O) groups is 1. The lowest BCUT2D eigenvalue weighted by atomic mass is 9.86. The van der Waals surface area contributed by atoms with Crippen LogP contribution < -0.4 is 0 Å². The van der Waals surface area contributed by atoms with Crippen LogP contribution in [0.25, 0.3) is 0 Å². The van der Waals surface area contributed by atoms with Crippen molar-refractivity contribution in [3.63, 3.8) is 0 Å². The fourth-order valence-corrected chi connectivity index (χ4v) is 3.78. The summed E-state index contributed by atoms with van der Waals surface area (Å²) < 4.78 is 46.8. The van der Waals surface area contributed by atoms with Crippen LogP contribution in [0.2, 0.25) is 10.0 Å². The number of nitrogens with zero attached hydrogens (tertiary/aromatic N) is 2. The lowest BCUT2D eigenvalue weighted by molar-refractivity contribution is -0.275. The summed E-state index contributed by atoms with van der Waals surface area (Å²) in [5.41, 5.74) is -2.30. The molecule has 0 fully saturated rings. The van der Waals surface area contributed by atoms with Crippen LogP contribution in [-0.2, 0) is 20.0 Å². The van der Waals surface area contributed by atoms with Gasteiger partial charge in [-0.2, -0.15) is 13.2 Å². The molecular weight excluding hydrogens is 460 g/mol. The predicted octanol–water partition coefficient (Wildman–Crippen LogP) is 5.24. The first-order valence-corrected chi connectivity index (χ1v) is 9.48. The maximum Gasteiger partial charge on any atom is 0.435 e. The molecule has 0 saturated heterocycles. The molecule has 0 saturated carbocycles. The molecule has 1 unspecified atom stereocenters. The Balaban J connectivity index is 1.99. The molecule has 0 radical (unpaired) electrons. The van der Waals surface area contributed by atoms with Gasteiger partial charge < -0.3 is 14.8 Å². The summed E-state index contributed by atoms with van der Waals surface area (Å²) in [6, 6.07) is 7.95. The summed E-state index contributed by atoms with van der Waals surface area (Å²) in [6.45, 7) is 1.59. The number of benzene rings is 2. The van der Waals surface area contributed by atoms with Crippen LogP contribution >= 0.6 is 23.2 Å². The van der Waals surface area contributed by atoms with Crippen LogP contribution in [0.4, 0.5) is 13.2 Å². The third-order valence-electron chi connectivity index (χ3n) is 4.81. The second-order valence-electron chi connectivity index (χ2n) is 6.76. The van der Waals surface area contributed by atoms with E-state index < -0.39 is 24.2 Å². The Morgan fingerprint density at radius 3 is 2.39 bits per heavy atom. The van der Waals surface area contributed by atoms with Gasteiger partial charge in [0.15, 0.2) is 5.71 Å². The molecule has 6 nitrogen and oxygen atoms in total. The Labute approximate surface area is 184 Å². The number of carbonyl (C=O) groups excluding carboxylic acids is 1. The van der Waals surface area contributed by atoms with E-state index >= 15 is 0 Å². The highest BCUT2D eigenvalue weighted by atomic mass is 35.5. The van der Waals surface area contributed by atoms with E-state index in [1.54, 1.807) is 6.92 Å². The van der Waals surface area contributed by atoms with Crippen LogP contribution in [0.3, 0.4) is 0 Å². The lowest BCUT2D eigenvalue weighted by Crippen LogP contribution is -2.42. The number of alkyl halides is 3. The maximum atomic E-state index is 14.1. The van der Waals surface area contributed by atoms with Crippen LogP contribution in [0.15, 0.2) is 46.7 Å². The van der Waals surface area contributed by atoms with Gasteiger partial charge in [-0.1, -0.05) is 45.6 Å². The lowest BCUT2D eigenvalue weighted by Gasteiger charge is -2.29. The molecule has 0 aliphatic carbocycles. The molecule has 1 heterocycles. The molecule has 0 bridgehead atoms. The number of esters is 1. The number of halogens is 5. The zero-order valence-corrected chi connectivity index (χ0v) is 17.6. The van der Waals surface area contributed by atoms with Crippen molar-refractivity contribution in [2.75, 3.05) is 7.11 Å². The zero-order chi connectivity index (χ0) is 23.0. The van der Waals surface area contributed by atoms with Crippen molar-refractivity contribution < 1.29 is 32.7 Å². The number of rotatable bonds is 4. The number of methoxy groups -OCH3 is 1. The quantitative estimate of drug-likeness (QED) is 0.284. The third-order valence-corrected chi connectivity index (χ3v) is 5.24. The molecule has 31 heavy (non-hydrogen) atoms. The highest BCUT2D eigenvalue weighted by Gasteiger charge is 2.62. The number of oxime groups is 2. The minimum absolute atomic E-state index is 0.0296. The number of hydrogen-bond acceptors (Lipinski definition) is 6. The maximum absolute atomic E-state index is 14.1. The van der Waals surface area contributed by atoms with E-state index in [-0.39, 0.29) is 32.6 Å². The molecular formula is C20H15Cl2F3N2O4. The van der Waals surface area contributed by atoms with Crippen LogP contribution in [0, 0.1) is 6.92 Å². The van der Waals surface area contributed by atoms with Crippen molar-refractivity contribution in [1.82, 2.24) is 0 Å². The number of hydrogen-bond donors (Lipinski definition) is 1.